The number of nitrogens with zero attached hydrogens (tertiary/aromatic N) is 4. The zero-order chi connectivity index (χ0) is 18.8. The van der Waals surface area contributed by atoms with Crippen molar-refractivity contribution in [3.8, 4) is 5.69 Å². The van der Waals surface area contributed by atoms with Crippen molar-refractivity contribution < 1.29 is 14.4 Å². The monoisotopic (exact) mass is 361 g/mol. The normalized spacial score (nSPS) is 13.9. The maximum atomic E-state index is 12.4. The number of imide groups is 1. The molecule has 0 aliphatic carbocycles. The van der Waals surface area contributed by atoms with E-state index in [0.717, 1.165) is 10.6 Å². The van der Waals surface area contributed by atoms with Crippen LogP contribution >= 0.6 is 0 Å². The molecule has 8 heteroatoms. The minimum absolute atomic E-state index is 0.218. The molecule has 1 N–H and O–H groups in total. The molecule has 0 bridgehead atoms. The molecule has 4 rings (SSSR count). The number of aromatic nitrogens is 3. The molecule has 0 radical (unpaired) electrons. The Morgan fingerprint density at radius 2 is 1.52 bits per heavy atom. The van der Waals surface area contributed by atoms with Crippen molar-refractivity contribution in [3.05, 3.63) is 66.7 Å². The molecule has 1 aromatic heterocycles. The summed E-state index contributed by atoms with van der Waals surface area (Å²) in [7, 11) is 0. The van der Waals surface area contributed by atoms with E-state index in [1.807, 2.05) is 12.1 Å². The molecule has 1 saturated heterocycles. The average molecular weight is 361 g/mol. The van der Waals surface area contributed by atoms with Gasteiger partial charge in [-0.2, -0.15) is 5.10 Å². The molecule has 3 amide bonds. The van der Waals surface area contributed by atoms with Gasteiger partial charge in [0.2, 0.25) is 11.8 Å². The molecule has 2 heterocycles. The smallest absolute Gasteiger partial charge is 0.255 e. The van der Waals surface area contributed by atoms with E-state index < -0.39 is 0 Å². The minimum atomic E-state index is -0.283. The standard InChI is InChI=1S/C19H15N5O3/c25-17-9-10-18(26)24(17)16-5-1-13(2-6-16)19(27)22-14-3-7-15(8-4-14)23-12-20-11-21-23/h1-8,11-12H,9-10H2,(H,22,27). The predicted molar refractivity (Wildman–Crippen MR) is 97.5 cm³/mol. The van der Waals surface area contributed by atoms with Crippen LogP contribution in [-0.2, 0) is 9.59 Å². The van der Waals surface area contributed by atoms with Crippen LogP contribution in [0.15, 0.2) is 61.2 Å². The summed E-state index contributed by atoms with van der Waals surface area (Å²) in [5.41, 5.74) is 2.38. The number of anilines is 2. The zero-order valence-corrected chi connectivity index (χ0v) is 14.2. The molecule has 3 aromatic rings. The van der Waals surface area contributed by atoms with Crippen molar-refractivity contribution in [2.45, 2.75) is 12.8 Å². The molecular formula is C19H15N5O3. The molecule has 1 fully saturated rings. The van der Waals surface area contributed by atoms with Crippen molar-refractivity contribution in [1.82, 2.24) is 14.8 Å². The van der Waals surface area contributed by atoms with Gasteiger partial charge in [0.05, 0.1) is 11.4 Å². The minimum Gasteiger partial charge on any atom is -0.322 e. The molecule has 8 nitrogen and oxygen atoms in total. The molecule has 0 atom stereocenters. The second-order valence-electron chi connectivity index (χ2n) is 6.01. The van der Waals surface area contributed by atoms with Crippen LogP contribution in [0.5, 0.6) is 0 Å². The van der Waals surface area contributed by atoms with Gasteiger partial charge in [0.25, 0.3) is 5.91 Å². The quantitative estimate of drug-likeness (QED) is 0.718. The van der Waals surface area contributed by atoms with Crippen LogP contribution in [0, 0.1) is 0 Å². The maximum Gasteiger partial charge on any atom is 0.255 e. The lowest BCUT2D eigenvalue weighted by atomic mass is 10.1. The highest BCUT2D eigenvalue weighted by molar-refractivity contribution is 6.20. The lowest BCUT2D eigenvalue weighted by Crippen LogP contribution is -2.28. The Labute approximate surface area is 154 Å². The highest BCUT2D eigenvalue weighted by Crippen LogP contribution is 2.23. The summed E-state index contributed by atoms with van der Waals surface area (Å²) < 4.78 is 1.62. The predicted octanol–water partition coefficient (Wildman–Crippen LogP) is 2.17. The number of hydrogen-bond donors (Lipinski definition) is 1. The molecule has 27 heavy (non-hydrogen) atoms. The number of carbonyl (C=O) groups excluding carboxylic acids is 3. The molecule has 134 valence electrons. The lowest BCUT2D eigenvalue weighted by Gasteiger charge is -2.14. The van der Waals surface area contributed by atoms with Crippen molar-refractivity contribution in [3.63, 3.8) is 0 Å². The van der Waals surface area contributed by atoms with Gasteiger partial charge >= 0.3 is 0 Å². The van der Waals surface area contributed by atoms with Crippen molar-refractivity contribution in [2.75, 3.05) is 10.2 Å². The van der Waals surface area contributed by atoms with E-state index in [-0.39, 0.29) is 30.6 Å². The van der Waals surface area contributed by atoms with Crippen LogP contribution < -0.4 is 10.2 Å². The Morgan fingerprint density at radius 1 is 0.889 bits per heavy atom. The Bertz CT molecular complexity index is 979. The number of carbonyl (C=O) groups is 3. The van der Waals surface area contributed by atoms with E-state index in [1.165, 1.54) is 6.33 Å². The molecule has 0 spiro atoms. The SMILES string of the molecule is O=C(Nc1ccc(-n2cncn2)cc1)c1ccc(N2C(=O)CCC2=O)cc1. The molecule has 0 saturated carbocycles. The fourth-order valence-electron chi connectivity index (χ4n) is 2.87. The van der Waals surface area contributed by atoms with Gasteiger partial charge in [0.1, 0.15) is 12.7 Å². The number of benzene rings is 2. The average Bonchev–Trinajstić information content (AvgIpc) is 3.33. The summed E-state index contributed by atoms with van der Waals surface area (Å²) in [4.78, 5) is 41.0. The van der Waals surface area contributed by atoms with Gasteiger partial charge in [-0.3, -0.25) is 19.3 Å². The summed E-state index contributed by atoms with van der Waals surface area (Å²) in [6, 6.07) is 13.6. The van der Waals surface area contributed by atoms with Gasteiger partial charge < -0.3 is 5.32 Å². The molecule has 0 unspecified atom stereocenters. The van der Waals surface area contributed by atoms with Gasteiger partial charge in [-0.15, -0.1) is 0 Å². The Balaban J connectivity index is 1.45. The van der Waals surface area contributed by atoms with Gasteiger partial charge in [-0.1, -0.05) is 0 Å². The fraction of sp³-hybridized carbons (Fsp3) is 0.105. The summed E-state index contributed by atoms with van der Waals surface area (Å²) in [5.74, 6) is -0.719. The highest BCUT2D eigenvalue weighted by Gasteiger charge is 2.30. The number of amides is 3. The van der Waals surface area contributed by atoms with Gasteiger partial charge in [-0.25, -0.2) is 9.67 Å². The van der Waals surface area contributed by atoms with Gasteiger partial charge in [-0.05, 0) is 48.5 Å². The van der Waals surface area contributed by atoms with E-state index in [4.69, 9.17) is 0 Å². The Kier molecular flexibility index (Phi) is 4.21. The Morgan fingerprint density at radius 3 is 2.11 bits per heavy atom. The van der Waals surface area contributed by atoms with Crippen LogP contribution in [-0.4, -0.2) is 32.5 Å². The molecule has 1 aliphatic rings. The molecule has 1 aliphatic heterocycles. The van der Waals surface area contributed by atoms with Crippen LogP contribution in [0.2, 0.25) is 0 Å². The number of hydrogen-bond acceptors (Lipinski definition) is 5. The van der Waals surface area contributed by atoms with Crippen molar-refractivity contribution in [1.29, 1.82) is 0 Å². The lowest BCUT2D eigenvalue weighted by molar-refractivity contribution is -0.121. The summed E-state index contributed by atoms with van der Waals surface area (Å²) in [5, 5.41) is 6.85. The third-order valence-corrected chi connectivity index (χ3v) is 4.25. The third-order valence-electron chi connectivity index (χ3n) is 4.25. The van der Waals surface area contributed by atoms with Crippen LogP contribution in [0.4, 0.5) is 11.4 Å². The highest BCUT2D eigenvalue weighted by atomic mass is 16.2. The molecular weight excluding hydrogens is 346 g/mol. The fourth-order valence-corrected chi connectivity index (χ4v) is 2.87. The second kappa shape index (κ2) is 6.83. The summed E-state index contributed by atoms with van der Waals surface area (Å²) in [6.45, 7) is 0. The summed E-state index contributed by atoms with van der Waals surface area (Å²) >= 11 is 0. The first kappa shape index (κ1) is 16.6. The van der Waals surface area contributed by atoms with Crippen LogP contribution in [0.1, 0.15) is 23.2 Å². The number of rotatable bonds is 4. The van der Waals surface area contributed by atoms with E-state index in [1.54, 1.807) is 47.4 Å². The third kappa shape index (κ3) is 3.32. The van der Waals surface area contributed by atoms with E-state index in [0.29, 0.717) is 16.9 Å². The maximum absolute atomic E-state index is 12.4. The zero-order valence-electron chi connectivity index (χ0n) is 14.2. The largest absolute Gasteiger partial charge is 0.322 e. The first-order valence-corrected chi connectivity index (χ1v) is 8.34. The van der Waals surface area contributed by atoms with E-state index in [2.05, 4.69) is 15.4 Å². The summed E-state index contributed by atoms with van der Waals surface area (Å²) in [6.07, 6.45) is 3.49. The van der Waals surface area contributed by atoms with Crippen LogP contribution in [0.25, 0.3) is 5.69 Å². The second-order valence-corrected chi connectivity index (χ2v) is 6.01. The topological polar surface area (TPSA) is 97.2 Å². The van der Waals surface area contributed by atoms with Crippen molar-refractivity contribution >= 4 is 29.1 Å². The van der Waals surface area contributed by atoms with Crippen LogP contribution in [0.3, 0.4) is 0 Å². The van der Waals surface area contributed by atoms with Gasteiger partial charge in [0, 0.05) is 24.1 Å². The molecule has 2 aromatic carbocycles. The first-order chi connectivity index (χ1) is 13.1. The van der Waals surface area contributed by atoms with Crippen molar-refractivity contribution in [2.24, 2.45) is 0 Å². The first-order valence-electron chi connectivity index (χ1n) is 8.34. The van der Waals surface area contributed by atoms with E-state index in [9.17, 15) is 14.4 Å². The number of nitrogens with one attached hydrogen (secondary N) is 1. The van der Waals surface area contributed by atoms with Gasteiger partial charge in [0.15, 0.2) is 0 Å². The van der Waals surface area contributed by atoms with E-state index >= 15 is 0 Å². The Hall–Kier alpha value is -3.81.